The maximum Gasteiger partial charge on any atom is 0.248 e. The van der Waals surface area contributed by atoms with Crippen molar-refractivity contribution in [1.29, 1.82) is 0 Å². The third-order valence-corrected chi connectivity index (χ3v) is 4.64. The molecule has 7 heteroatoms. The van der Waals surface area contributed by atoms with E-state index in [1.54, 1.807) is 24.3 Å². The molecule has 5 N–H and O–H groups in total. The van der Waals surface area contributed by atoms with Crippen LogP contribution in [0.3, 0.4) is 0 Å². The molecule has 0 aliphatic rings. The second-order valence-corrected chi connectivity index (χ2v) is 6.86. The van der Waals surface area contributed by atoms with Crippen molar-refractivity contribution in [2.24, 2.45) is 5.73 Å². The second kappa shape index (κ2) is 7.63. The van der Waals surface area contributed by atoms with Gasteiger partial charge in [0, 0.05) is 22.4 Å². The van der Waals surface area contributed by atoms with E-state index in [1.807, 2.05) is 43.3 Å². The van der Waals surface area contributed by atoms with Crippen LogP contribution in [-0.4, -0.2) is 26.0 Å². The van der Waals surface area contributed by atoms with Gasteiger partial charge in [-0.2, -0.15) is 0 Å². The van der Waals surface area contributed by atoms with E-state index < -0.39 is 5.91 Å². The molecule has 1 amide bonds. The quantitative estimate of drug-likeness (QED) is 0.452. The molecule has 1 aromatic heterocycles. The standard InChI is InChI=1S/C23H19N5O2/c1-13-7-9-17(19(29)11-13)23-27-21(14-5-3-2-4-6-14)26-22(28-23)16-10-8-15(20(25)30)12-18(16)24/h2-12,29H,24H2,1H3,(H2,25,30). The lowest BCUT2D eigenvalue weighted by Gasteiger charge is -2.11. The van der Waals surface area contributed by atoms with Crippen molar-refractivity contribution in [3.05, 3.63) is 77.9 Å². The third-order valence-electron chi connectivity index (χ3n) is 4.64. The number of hydrogen-bond acceptors (Lipinski definition) is 6. The monoisotopic (exact) mass is 397 g/mol. The number of phenolic OH excluding ortho intramolecular Hbond substituents is 1. The zero-order chi connectivity index (χ0) is 21.3. The Kier molecular flexibility index (Phi) is 4.85. The predicted molar refractivity (Wildman–Crippen MR) is 115 cm³/mol. The lowest BCUT2D eigenvalue weighted by atomic mass is 10.1. The number of nitrogens with zero attached hydrogens (tertiary/aromatic N) is 3. The van der Waals surface area contributed by atoms with Crippen molar-refractivity contribution in [2.75, 3.05) is 5.73 Å². The number of amides is 1. The van der Waals surface area contributed by atoms with Crippen LogP contribution in [0.2, 0.25) is 0 Å². The van der Waals surface area contributed by atoms with E-state index in [4.69, 9.17) is 11.5 Å². The Labute approximate surface area is 173 Å². The van der Waals surface area contributed by atoms with Gasteiger partial charge in [0.25, 0.3) is 0 Å². The van der Waals surface area contributed by atoms with Crippen LogP contribution in [0.1, 0.15) is 15.9 Å². The van der Waals surface area contributed by atoms with Gasteiger partial charge in [-0.25, -0.2) is 15.0 Å². The molecule has 0 aliphatic carbocycles. The molecule has 4 rings (SSSR count). The van der Waals surface area contributed by atoms with Crippen molar-refractivity contribution in [3.8, 4) is 39.9 Å². The SMILES string of the molecule is Cc1ccc(-c2nc(-c3ccccc3)nc(-c3ccc(C(N)=O)cc3N)n2)c(O)c1. The molecule has 0 fully saturated rings. The first kappa shape index (κ1) is 19.1. The summed E-state index contributed by atoms with van der Waals surface area (Å²) < 4.78 is 0. The summed E-state index contributed by atoms with van der Waals surface area (Å²) in [5.74, 6) is 0.582. The van der Waals surface area contributed by atoms with Crippen LogP contribution in [0.4, 0.5) is 5.69 Å². The van der Waals surface area contributed by atoms with E-state index >= 15 is 0 Å². The number of nitrogens with two attached hydrogens (primary N) is 2. The number of hydrogen-bond donors (Lipinski definition) is 3. The molecule has 7 nitrogen and oxygen atoms in total. The fraction of sp³-hybridized carbons (Fsp3) is 0.0435. The topological polar surface area (TPSA) is 128 Å². The van der Waals surface area contributed by atoms with Crippen LogP contribution in [-0.2, 0) is 0 Å². The molecule has 0 bridgehead atoms. The summed E-state index contributed by atoms with van der Waals surface area (Å²) in [7, 11) is 0. The maximum atomic E-state index is 11.4. The summed E-state index contributed by atoms with van der Waals surface area (Å²) in [5.41, 5.74) is 14.8. The Morgan fingerprint density at radius 3 is 2.10 bits per heavy atom. The van der Waals surface area contributed by atoms with Crippen molar-refractivity contribution in [1.82, 2.24) is 15.0 Å². The van der Waals surface area contributed by atoms with Gasteiger partial charge in [-0.3, -0.25) is 4.79 Å². The summed E-state index contributed by atoms with van der Waals surface area (Å²) in [6.45, 7) is 1.89. The zero-order valence-corrected chi connectivity index (χ0v) is 16.2. The van der Waals surface area contributed by atoms with Crippen molar-refractivity contribution < 1.29 is 9.90 Å². The molecule has 3 aromatic carbocycles. The van der Waals surface area contributed by atoms with E-state index in [-0.39, 0.29) is 5.75 Å². The van der Waals surface area contributed by atoms with Crippen LogP contribution in [0.15, 0.2) is 66.7 Å². The summed E-state index contributed by atoms with van der Waals surface area (Å²) in [6.07, 6.45) is 0. The Morgan fingerprint density at radius 1 is 0.833 bits per heavy atom. The molecule has 4 aromatic rings. The number of anilines is 1. The number of carbonyl (C=O) groups excluding carboxylic acids is 1. The first-order valence-electron chi connectivity index (χ1n) is 9.23. The van der Waals surface area contributed by atoms with Crippen molar-refractivity contribution in [2.45, 2.75) is 6.92 Å². The Bertz CT molecular complexity index is 1260. The number of nitrogen functional groups attached to an aromatic ring is 1. The third kappa shape index (κ3) is 3.68. The van der Waals surface area contributed by atoms with Crippen LogP contribution in [0.5, 0.6) is 5.75 Å². The van der Waals surface area contributed by atoms with Gasteiger partial charge in [-0.05, 0) is 42.8 Å². The van der Waals surface area contributed by atoms with Gasteiger partial charge in [-0.1, -0.05) is 36.4 Å². The molecule has 0 spiro atoms. The normalized spacial score (nSPS) is 10.7. The van der Waals surface area contributed by atoms with Gasteiger partial charge >= 0.3 is 0 Å². The molecule has 0 radical (unpaired) electrons. The molecule has 0 atom stereocenters. The number of benzene rings is 3. The van der Waals surface area contributed by atoms with Gasteiger partial charge in [0.2, 0.25) is 5.91 Å². The van der Waals surface area contributed by atoms with Gasteiger partial charge in [0.05, 0.1) is 5.56 Å². The molecular formula is C23H19N5O2. The number of aromatic nitrogens is 3. The van der Waals surface area contributed by atoms with Crippen LogP contribution in [0.25, 0.3) is 34.2 Å². The average molecular weight is 397 g/mol. The van der Waals surface area contributed by atoms with Gasteiger partial charge < -0.3 is 16.6 Å². The largest absolute Gasteiger partial charge is 0.507 e. The van der Waals surface area contributed by atoms with Crippen LogP contribution >= 0.6 is 0 Å². The summed E-state index contributed by atoms with van der Waals surface area (Å²) >= 11 is 0. The minimum atomic E-state index is -0.570. The number of phenols is 1. The summed E-state index contributed by atoms with van der Waals surface area (Å²) in [6, 6.07) is 19.4. The highest BCUT2D eigenvalue weighted by atomic mass is 16.3. The number of aromatic hydroxyl groups is 1. The Balaban J connectivity index is 1.94. The highest BCUT2D eigenvalue weighted by Gasteiger charge is 2.16. The van der Waals surface area contributed by atoms with Gasteiger partial charge in [0.1, 0.15) is 5.75 Å². The fourth-order valence-electron chi connectivity index (χ4n) is 3.08. The van der Waals surface area contributed by atoms with E-state index in [9.17, 15) is 9.90 Å². The van der Waals surface area contributed by atoms with Crippen molar-refractivity contribution in [3.63, 3.8) is 0 Å². The van der Waals surface area contributed by atoms with Gasteiger partial charge in [0.15, 0.2) is 17.5 Å². The minimum absolute atomic E-state index is 0.0724. The highest BCUT2D eigenvalue weighted by molar-refractivity contribution is 5.95. The molecule has 1 heterocycles. The van der Waals surface area contributed by atoms with E-state index in [0.717, 1.165) is 11.1 Å². The minimum Gasteiger partial charge on any atom is -0.507 e. The number of rotatable bonds is 4. The Morgan fingerprint density at radius 2 is 1.47 bits per heavy atom. The first-order chi connectivity index (χ1) is 14.4. The Hall–Kier alpha value is -4.26. The van der Waals surface area contributed by atoms with Crippen LogP contribution < -0.4 is 11.5 Å². The smallest absolute Gasteiger partial charge is 0.248 e. The predicted octanol–water partition coefficient (Wildman–Crippen LogP) is 3.57. The molecule has 0 saturated carbocycles. The first-order valence-corrected chi connectivity index (χ1v) is 9.23. The molecular weight excluding hydrogens is 378 g/mol. The molecule has 148 valence electrons. The lowest BCUT2D eigenvalue weighted by Crippen LogP contribution is -2.11. The fourth-order valence-corrected chi connectivity index (χ4v) is 3.08. The molecule has 0 aliphatic heterocycles. The second-order valence-electron chi connectivity index (χ2n) is 6.86. The number of carbonyl (C=O) groups is 1. The molecule has 0 saturated heterocycles. The molecule has 30 heavy (non-hydrogen) atoms. The number of aryl methyl sites for hydroxylation is 1. The summed E-state index contributed by atoms with van der Waals surface area (Å²) in [4.78, 5) is 25.1. The molecule has 0 unspecified atom stereocenters. The zero-order valence-electron chi connectivity index (χ0n) is 16.2. The van der Waals surface area contributed by atoms with Crippen molar-refractivity contribution >= 4 is 11.6 Å². The lowest BCUT2D eigenvalue weighted by molar-refractivity contribution is 0.100. The highest BCUT2D eigenvalue weighted by Crippen LogP contribution is 2.32. The number of primary amides is 1. The van der Waals surface area contributed by atoms with E-state index in [0.29, 0.717) is 39.9 Å². The van der Waals surface area contributed by atoms with E-state index in [2.05, 4.69) is 15.0 Å². The average Bonchev–Trinajstić information content (AvgIpc) is 2.74. The summed E-state index contributed by atoms with van der Waals surface area (Å²) in [5, 5.41) is 10.4. The van der Waals surface area contributed by atoms with E-state index in [1.165, 1.54) is 6.07 Å². The van der Waals surface area contributed by atoms with Gasteiger partial charge in [-0.15, -0.1) is 0 Å². The maximum absolute atomic E-state index is 11.4. The van der Waals surface area contributed by atoms with Crippen LogP contribution in [0, 0.1) is 6.92 Å².